The Bertz CT molecular complexity index is 331. The first-order valence-corrected chi connectivity index (χ1v) is 7.14. The largest absolute Gasteiger partial charge is 0.350 e. The van der Waals surface area contributed by atoms with E-state index in [9.17, 15) is 0 Å². The van der Waals surface area contributed by atoms with Crippen LogP contribution in [0.1, 0.15) is 51.6 Å². The molecule has 0 spiro atoms. The van der Waals surface area contributed by atoms with Gasteiger partial charge in [0.1, 0.15) is 0 Å². The first-order valence-electron chi connectivity index (χ1n) is 7.14. The molecule has 1 aromatic rings. The summed E-state index contributed by atoms with van der Waals surface area (Å²) in [6.07, 6.45) is 9.01. The Hall–Kier alpha value is -0.760. The summed E-state index contributed by atoms with van der Waals surface area (Å²) in [5.41, 5.74) is 2.06. The number of rotatable bonds is 7. The van der Waals surface area contributed by atoms with E-state index < -0.39 is 0 Å². The highest BCUT2D eigenvalue weighted by Gasteiger charge is 2.34. The third-order valence-electron chi connectivity index (χ3n) is 4.36. The fourth-order valence-electron chi connectivity index (χ4n) is 2.86. The van der Waals surface area contributed by atoms with Gasteiger partial charge in [-0.15, -0.1) is 0 Å². The predicted molar refractivity (Wildman–Crippen MR) is 73.0 cm³/mol. The maximum Gasteiger partial charge on any atom is 0.0359 e. The molecule has 1 saturated carbocycles. The third kappa shape index (κ3) is 2.92. The van der Waals surface area contributed by atoms with Gasteiger partial charge in [0, 0.05) is 31.5 Å². The summed E-state index contributed by atoms with van der Waals surface area (Å²) in [6.45, 7) is 7.93. The molecule has 1 aliphatic rings. The van der Waals surface area contributed by atoms with Crippen molar-refractivity contribution >= 4 is 0 Å². The second kappa shape index (κ2) is 5.72. The average molecular weight is 234 g/mol. The van der Waals surface area contributed by atoms with Crippen molar-refractivity contribution in [2.75, 3.05) is 6.54 Å². The van der Waals surface area contributed by atoms with Gasteiger partial charge in [-0.05, 0) is 43.2 Å². The zero-order valence-corrected chi connectivity index (χ0v) is 11.3. The van der Waals surface area contributed by atoms with Crippen LogP contribution in [0.25, 0.3) is 0 Å². The van der Waals surface area contributed by atoms with Crippen molar-refractivity contribution in [1.29, 1.82) is 0 Å². The highest BCUT2D eigenvalue weighted by molar-refractivity contribution is 5.07. The molecule has 2 rings (SSSR count). The van der Waals surface area contributed by atoms with Crippen LogP contribution in [0.5, 0.6) is 0 Å². The Labute approximate surface area is 105 Å². The zero-order chi connectivity index (χ0) is 12.1. The number of aryl methyl sites for hydroxylation is 1. The molecule has 0 unspecified atom stereocenters. The van der Waals surface area contributed by atoms with Gasteiger partial charge in [0.2, 0.25) is 0 Å². The molecule has 0 saturated heterocycles. The molecule has 2 heteroatoms. The molecule has 0 bridgehead atoms. The molecule has 0 radical (unpaired) electrons. The van der Waals surface area contributed by atoms with Crippen molar-refractivity contribution in [1.82, 2.24) is 9.88 Å². The van der Waals surface area contributed by atoms with Crippen LogP contribution in [0.2, 0.25) is 0 Å². The van der Waals surface area contributed by atoms with Gasteiger partial charge in [0.05, 0.1) is 0 Å². The minimum absolute atomic E-state index is 0.627. The van der Waals surface area contributed by atoms with Crippen LogP contribution < -0.4 is 5.32 Å². The van der Waals surface area contributed by atoms with Crippen LogP contribution >= 0.6 is 0 Å². The molecule has 0 aromatic carbocycles. The molecule has 1 N–H and O–H groups in total. The van der Waals surface area contributed by atoms with Crippen molar-refractivity contribution in [2.24, 2.45) is 5.41 Å². The quantitative estimate of drug-likeness (QED) is 0.763. The first kappa shape index (κ1) is 12.7. The molecule has 1 heterocycles. The normalized spacial score (nSPS) is 18.0. The van der Waals surface area contributed by atoms with E-state index >= 15 is 0 Å². The minimum atomic E-state index is 0.627. The summed E-state index contributed by atoms with van der Waals surface area (Å²) >= 11 is 0. The lowest BCUT2D eigenvalue weighted by Gasteiger charge is -2.41. The summed E-state index contributed by atoms with van der Waals surface area (Å²) in [5, 5.41) is 3.66. The Kier molecular flexibility index (Phi) is 4.27. The molecular formula is C15H26N2. The topological polar surface area (TPSA) is 17.0 Å². The van der Waals surface area contributed by atoms with Crippen molar-refractivity contribution in [2.45, 2.75) is 59.0 Å². The summed E-state index contributed by atoms with van der Waals surface area (Å²) in [7, 11) is 0. The van der Waals surface area contributed by atoms with E-state index in [1.165, 1.54) is 44.3 Å². The molecule has 2 nitrogen and oxygen atoms in total. The van der Waals surface area contributed by atoms with Crippen molar-refractivity contribution in [3.8, 4) is 0 Å². The van der Waals surface area contributed by atoms with E-state index in [0.29, 0.717) is 5.41 Å². The number of hydrogen-bond donors (Lipinski definition) is 1. The second-order valence-electron chi connectivity index (χ2n) is 5.50. The first-order chi connectivity index (χ1) is 8.29. The summed E-state index contributed by atoms with van der Waals surface area (Å²) in [4.78, 5) is 0. The third-order valence-corrected chi connectivity index (χ3v) is 4.36. The van der Waals surface area contributed by atoms with Gasteiger partial charge < -0.3 is 9.88 Å². The molecule has 0 atom stereocenters. The highest BCUT2D eigenvalue weighted by Crippen LogP contribution is 2.43. The van der Waals surface area contributed by atoms with E-state index in [1.54, 1.807) is 0 Å². The van der Waals surface area contributed by atoms with Crippen molar-refractivity contribution < 1.29 is 0 Å². The van der Waals surface area contributed by atoms with Crippen molar-refractivity contribution in [3.63, 3.8) is 0 Å². The zero-order valence-electron chi connectivity index (χ0n) is 11.3. The van der Waals surface area contributed by atoms with E-state index in [2.05, 4.69) is 42.1 Å². The fraction of sp³-hybridized carbons (Fsp3) is 0.733. The standard InChI is InChI=1S/C15H26N2/c1-3-10-17-11-5-7-14(17)12-16-13-15(4-2)8-6-9-15/h5,7,11,16H,3-4,6,8-10,12-13H2,1-2H3. The molecule has 0 amide bonds. The van der Waals surface area contributed by atoms with Gasteiger partial charge in [-0.25, -0.2) is 0 Å². The van der Waals surface area contributed by atoms with Crippen LogP contribution in [0.3, 0.4) is 0 Å². The summed E-state index contributed by atoms with van der Waals surface area (Å²) in [6, 6.07) is 4.40. The Morgan fingerprint density at radius 3 is 2.76 bits per heavy atom. The van der Waals surface area contributed by atoms with Crippen LogP contribution in [-0.4, -0.2) is 11.1 Å². The van der Waals surface area contributed by atoms with Gasteiger partial charge in [-0.3, -0.25) is 0 Å². The highest BCUT2D eigenvalue weighted by atomic mass is 15.0. The number of nitrogens with one attached hydrogen (secondary N) is 1. The lowest BCUT2D eigenvalue weighted by molar-refractivity contribution is 0.123. The maximum absolute atomic E-state index is 3.66. The average Bonchev–Trinajstić information content (AvgIpc) is 2.71. The number of nitrogens with zero attached hydrogens (tertiary/aromatic N) is 1. The molecule has 0 aliphatic heterocycles. The molecule has 96 valence electrons. The van der Waals surface area contributed by atoms with E-state index in [1.807, 2.05) is 0 Å². The second-order valence-corrected chi connectivity index (χ2v) is 5.50. The van der Waals surface area contributed by atoms with Gasteiger partial charge in [0.25, 0.3) is 0 Å². The van der Waals surface area contributed by atoms with E-state index in [-0.39, 0.29) is 0 Å². The van der Waals surface area contributed by atoms with Gasteiger partial charge in [-0.2, -0.15) is 0 Å². The number of hydrogen-bond acceptors (Lipinski definition) is 1. The monoisotopic (exact) mass is 234 g/mol. The molecule has 17 heavy (non-hydrogen) atoms. The van der Waals surface area contributed by atoms with E-state index in [0.717, 1.165) is 13.1 Å². The van der Waals surface area contributed by atoms with Gasteiger partial charge in [-0.1, -0.05) is 20.3 Å². The van der Waals surface area contributed by atoms with Crippen LogP contribution in [0.4, 0.5) is 0 Å². The predicted octanol–water partition coefficient (Wildman–Crippen LogP) is 3.57. The van der Waals surface area contributed by atoms with Crippen molar-refractivity contribution in [3.05, 3.63) is 24.0 Å². The Morgan fingerprint density at radius 1 is 1.35 bits per heavy atom. The van der Waals surface area contributed by atoms with Crippen LogP contribution in [0, 0.1) is 5.41 Å². The lowest BCUT2D eigenvalue weighted by Crippen LogP contribution is -2.39. The Morgan fingerprint density at radius 2 is 2.18 bits per heavy atom. The molecule has 1 aliphatic carbocycles. The molecule has 1 aromatic heterocycles. The van der Waals surface area contributed by atoms with Crippen LogP contribution in [0.15, 0.2) is 18.3 Å². The van der Waals surface area contributed by atoms with E-state index in [4.69, 9.17) is 0 Å². The number of aromatic nitrogens is 1. The van der Waals surface area contributed by atoms with Gasteiger partial charge >= 0.3 is 0 Å². The lowest BCUT2D eigenvalue weighted by atomic mass is 9.67. The fourth-order valence-corrected chi connectivity index (χ4v) is 2.86. The summed E-state index contributed by atoms with van der Waals surface area (Å²) < 4.78 is 2.37. The van der Waals surface area contributed by atoms with Gasteiger partial charge in [0.15, 0.2) is 0 Å². The smallest absolute Gasteiger partial charge is 0.0359 e. The molecule has 1 fully saturated rings. The summed E-state index contributed by atoms with van der Waals surface area (Å²) in [5.74, 6) is 0. The minimum Gasteiger partial charge on any atom is -0.350 e. The Balaban J connectivity index is 1.79. The SMILES string of the molecule is CCCn1cccc1CNCC1(CC)CCC1. The van der Waals surface area contributed by atoms with Crippen LogP contribution in [-0.2, 0) is 13.1 Å². The maximum atomic E-state index is 3.66. The molecular weight excluding hydrogens is 208 g/mol.